The second kappa shape index (κ2) is 21.5. The van der Waals surface area contributed by atoms with Gasteiger partial charge in [-0.2, -0.15) is 0 Å². The second-order valence-electron chi connectivity index (χ2n) is 18.6. The molecular formula is C53H60FN7O7. The van der Waals surface area contributed by atoms with E-state index >= 15 is 0 Å². The molecule has 0 unspecified atom stereocenters. The van der Waals surface area contributed by atoms with E-state index in [1.807, 2.05) is 17.0 Å². The van der Waals surface area contributed by atoms with Gasteiger partial charge in [-0.3, -0.25) is 48.2 Å². The minimum absolute atomic E-state index is 0.0344. The molecule has 14 nitrogen and oxygen atoms in total. The van der Waals surface area contributed by atoms with Crippen molar-refractivity contribution in [2.24, 2.45) is 18.9 Å². The van der Waals surface area contributed by atoms with Crippen molar-refractivity contribution < 1.29 is 33.5 Å². The highest BCUT2D eigenvalue weighted by molar-refractivity contribution is 6.00. The van der Waals surface area contributed by atoms with Gasteiger partial charge >= 0.3 is 5.69 Å². The van der Waals surface area contributed by atoms with E-state index in [9.17, 15) is 28.4 Å². The van der Waals surface area contributed by atoms with Gasteiger partial charge in [-0.1, -0.05) is 60.4 Å². The number of imidazole rings is 1. The Balaban J connectivity index is 0.00000203. The van der Waals surface area contributed by atoms with E-state index in [1.165, 1.54) is 27.6 Å². The maximum atomic E-state index is 13.6. The number of nitrogens with zero attached hydrogens (tertiary/aromatic N) is 5. The molecule has 2 atom stereocenters. The predicted molar refractivity (Wildman–Crippen MR) is 257 cm³/mol. The van der Waals surface area contributed by atoms with Crippen LogP contribution in [-0.2, 0) is 37.6 Å². The summed E-state index contributed by atoms with van der Waals surface area (Å²) in [5.41, 5.74) is 5.38. The van der Waals surface area contributed by atoms with Crippen LogP contribution in [0.25, 0.3) is 21.8 Å². The van der Waals surface area contributed by atoms with Gasteiger partial charge in [0.25, 0.3) is 6.47 Å². The quantitative estimate of drug-likeness (QED) is 0.0932. The number of amides is 4. The van der Waals surface area contributed by atoms with Crippen LogP contribution in [0.1, 0.15) is 98.5 Å². The Morgan fingerprint density at radius 1 is 0.853 bits per heavy atom. The van der Waals surface area contributed by atoms with E-state index in [1.54, 1.807) is 17.7 Å². The smallest absolute Gasteiger partial charge is 0.329 e. The second-order valence-corrected chi connectivity index (χ2v) is 18.6. The number of piperidine rings is 4. The van der Waals surface area contributed by atoms with Crippen LogP contribution < -0.4 is 16.3 Å². The number of carbonyl (C=O) groups excluding carboxylic acids is 4. The fraction of sp³-hybridized carbons (Fsp3) is 0.434. The van der Waals surface area contributed by atoms with Crippen LogP contribution in [0, 0.1) is 29.5 Å². The molecule has 5 aromatic rings. The lowest BCUT2D eigenvalue weighted by Crippen LogP contribution is -2.45. The number of carbonyl (C=O) groups is 5. The van der Waals surface area contributed by atoms with Crippen LogP contribution in [0.15, 0.2) is 83.7 Å². The summed E-state index contributed by atoms with van der Waals surface area (Å²) >= 11 is 0. The Labute approximate surface area is 395 Å². The van der Waals surface area contributed by atoms with Crippen molar-refractivity contribution in [3.05, 3.63) is 117 Å². The first-order chi connectivity index (χ1) is 32.9. The molecule has 0 spiro atoms. The summed E-state index contributed by atoms with van der Waals surface area (Å²) in [6, 6.07) is 24.7. The SMILES string of the molecule is C[C@H](c1ccc(C#CC2CCN(C(=O)CN3CCC(c4ccc5c(c4)n(C)c(=O)n5[C@H]4CCC(=O)NC4=O)CC3)CC2)c2ccccc12)N1CCC(C(=O)NCc2cccc(F)c2)CC1.O=CO. The Morgan fingerprint density at radius 3 is 2.28 bits per heavy atom. The summed E-state index contributed by atoms with van der Waals surface area (Å²) in [7, 11) is 1.72. The zero-order valence-corrected chi connectivity index (χ0v) is 38.8. The Bertz CT molecular complexity index is 2800. The van der Waals surface area contributed by atoms with Crippen LogP contribution in [0.3, 0.4) is 0 Å². The fourth-order valence-corrected chi connectivity index (χ4v) is 10.6. The number of rotatable bonds is 9. The maximum absolute atomic E-state index is 13.6. The van der Waals surface area contributed by atoms with Crippen molar-refractivity contribution >= 4 is 51.9 Å². The monoisotopic (exact) mass is 925 g/mol. The number of benzene rings is 4. The predicted octanol–water partition coefficient (Wildman–Crippen LogP) is 5.87. The lowest BCUT2D eigenvalue weighted by Gasteiger charge is -2.36. The van der Waals surface area contributed by atoms with E-state index in [0.29, 0.717) is 44.0 Å². The number of halogens is 1. The molecule has 4 aromatic carbocycles. The summed E-state index contributed by atoms with van der Waals surface area (Å²) in [5.74, 6) is 6.72. The number of fused-ring (bicyclic) bond motifs is 2. The number of carboxylic acid groups (broad SMARTS) is 1. The number of imide groups is 1. The van der Waals surface area contributed by atoms with Crippen molar-refractivity contribution in [3.8, 4) is 11.8 Å². The first kappa shape index (κ1) is 47.8. The normalized spacial score (nSPS) is 19.4. The highest BCUT2D eigenvalue weighted by Gasteiger charge is 2.33. The third-order valence-corrected chi connectivity index (χ3v) is 14.5. The minimum Gasteiger partial charge on any atom is -0.483 e. The zero-order chi connectivity index (χ0) is 47.9. The van der Waals surface area contributed by atoms with Crippen LogP contribution in [0.2, 0.25) is 0 Å². The van der Waals surface area contributed by atoms with Crippen molar-refractivity contribution in [2.45, 2.75) is 82.8 Å². The summed E-state index contributed by atoms with van der Waals surface area (Å²) < 4.78 is 16.7. The topological polar surface area (TPSA) is 166 Å². The third-order valence-electron chi connectivity index (χ3n) is 14.5. The van der Waals surface area contributed by atoms with E-state index in [0.717, 1.165) is 92.3 Å². The third kappa shape index (κ3) is 10.7. The fourth-order valence-electron chi connectivity index (χ4n) is 10.6. The van der Waals surface area contributed by atoms with Gasteiger partial charge in [0.05, 0.1) is 17.6 Å². The van der Waals surface area contributed by atoms with Crippen molar-refractivity contribution in [1.29, 1.82) is 0 Å². The molecule has 0 radical (unpaired) electrons. The molecular weight excluding hydrogens is 866 g/mol. The van der Waals surface area contributed by atoms with Crippen LogP contribution >= 0.6 is 0 Å². The molecule has 0 aliphatic carbocycles. The van der Waals surface area contributed by atoms with E-state index in [-0.39, 0.29) is 60.0 Å². The van der Waals surface area contributed by atoms with Gasteiger partial charge in [-0.25, -0.2) is 9.18 Å². The standard InChI is InChI=1S/C52H58FN7O5.CH2O2/c1-34(58-28-22-39(23-29-58)50(63)54-32-36-6-5-7-41(53)30-36)42-14-12-38(43-8-3-4-9-44(42)43)11-10-35-18-26-59(27-19-35)49(62)33-57-24-20-37(21-25-57)40-13-15-45-47(31-40)56(2)52(65)60(45)46-16-17-48(61)55-51(46)64;2-1-3/h3-9,12-15,30-31,34-35,37,39,46H,16-29,32-33H2,1-2H3,(H,54,63)(H,55,61,64);1H,(H,2,3)/t34-,46+;/m1./s1. The molecule has 3 N–H and O–H groups in total. The van der Waals surface area contributed by atoms with Gasteiger partial charge in [0.2, 0.25) is 23.6 Å². The first-order valence-corrected chi connectivity index (χ1v) is 23.8. The van der Waals surface area contributed by atoms with Gasteiger partial charge in [0.15, 0.2) is 0 Å². The largest absolute Gasteiger partial charge is 0.483 e. The number of hydrogen-bond donors (Lipinski definition) is 3. The summed E-state index contributed by atoms with van der Waals surface area (Å²) in [6.07, 6.45) is 5.59. The Morgan fingerprint density at radius 2 is 1.57 bits per heavy atom. The molecule has 15 heteroatoms. The number of aromatic nitrogens is 2. The summed E-state index contributed by atoms with van der Waals surface area (Å²) in [4.78, 5) is 79.2. The van der Waals surface area contributed by atoms with Gasteiger partial charge in [-0.05, 0) is 142 Å². The molecule has 4 fully saturated rings. The molecule has 4 saturated heterocycles. The van der Waals surface area contributed by atoms with Crippen molar-refractivity contribution in [3.63, 3.8) is 0 Å². The van der Waals surface area contributed by atoms with E-state index in [4.69, 9.17) is 9.90 Å². The average molecular weight is 926 g/mol. The molecule has 0 saturated carbocycles. The van der Waals surface area contributed by atoms with Gasteiger partial charge in [0, 0.05) is 56.5 Å². The van der Waals surface area contributed by atoms with Gasteiger partial charge in [0.1, 0.15) is 11.9 Å². The number of aryl methyl sites for hydroxylation is 1. The van der Waals surface area contributed by atoms with E-state index < -0.39 is 11.9 Å². The lowest BCUT2D eigenvalue weighted by atomic mass is 9.89. The molecule has 4 amide bonds. The van der Waals surface area contributed by atoms with E-state index in [2.05, 4.69) is 87.7 Å². The highest BCUT2D eigenvalue weighted by Crippen LogP contribution is 2.34. The average Bonchev–Trinajstić information content (AvgIpc) is 3.60. The lowest BCUT2D eigenvalue weighted by molar-refractivity contribution is -0.136. The molecule has 356 valence electrons. The molecule has 1 aromatic heterocycles. The van der Waals surface area contributed by atoms with Crippen LogP contribution in [0.5, 0.6) is 0 Å². The zero-order valence-electron chi connectivity index (χ0n) is 38.8. The molecule has 9 rings (SSSR count). The maximum Gasteiger partial charge on any atom is 0.329 e. The molecule has 4 aliphatic heterocycles. The Hall–Kier alpha value is -6.63. The van der Waals surface area contributed by atoms with Crippen LogP contribution in [-0.4, -0.2) is 105 Å². The number of likely N-dealkylation sites (tertiary alicyclic amines) is 3. The molecule has 4 aliphatic rings. The van der Waals surface area contributed by atoms with Crippen molar-refractivity contribution in [2.75, 3.05) is 45.8 Å². The highest BCUT2D eigenvalue weighted by atomic mass is 19.1. The number of nitrogens with one attached hydrogen (secondary N) is 2. The summed E-state index contributed by atoms with van der Waals surface area (Å²) in [6.45, 7) is 7.42. The van der Waals surface area contributed by atoms with Gasteiger partial charge in [-0.15, -0.1) is 0 Å². The van der Waals surface area contributed by atoms with Gasteiger partial charge < -0.3 is 15.3 Å². The molecule has 0 bridgehead atoms. The van der Waals surface area contributed by atoms with Crippen LogP contribution in [0.4, 0.5) is 4.39 Å². The Kier molecular flexibility index (Phi) is 15.2. The van der Waals surface area contributed by atoms with Crippen molar-refractivity contribution in [1.82, 2.24) is 34.5 Å². The minimum atomic E-state index is -0.706. The summed E-state index contributed by atoms with van der Waals surface area (Å²) in [5, 5.41) is 14.6. The number of hydrogen-bond acceptors (Lipinski definition) is 8. The molecule has 5 heterocycles. The molecule has 68 heavy (non-hydrogen) atoms. The first-order valence-electron chi connectivity index (χ1n) is 23.8.